The number of amidine groups is 1. The van der Waals surface area contributed by atoms with Gasteiger partial charge in [-0.1, -0.05) is 29.8 Å². The number of rotatable bonds is 5. The largest absolute Gasteiger partial charge is 0.447 e. The Bertz CT molecular complexity index is 457. The van der Waals surface area contributed by atoms with Crippen molar-refractivity contribution in [2.24, 2.45) is 11.7 Å². The van der Waals surface area contributed by atoms with Crippen molar-refractivity contribution in [3.8, 4) is 0 Å². The molecule has 5 nitrogen and oxygen atoms in total. The van der Waals surface area contributed by atoms with E-state index in [4.69, 9.17) is 5.73 Å². The van der Waals surface area contributed by atoms with Gasteiger partial charge >= 0.3 is 6.02 Å². The molecule has 0 saturated heterocycles. The van der Waals surface area contributed by atoms with E-state index in [0.717, 1.165) is 4.47 Å². The van der Waals surface area contributed by atoms with Crippen molar-refractivity contribution in [1.82, 2.24) is 0 Å². The highest BCUT2D eigenvalue weighted by Gasteiger charge is 2.20. The Morgan fingerprint density at radius 3 is 2.47 bits per heavy atom. The van der Waals surface area contributed by atoms with Gasteiger partial charge in [-0.15, -0.1) is 0 Å². The normalized spacial score (nSPS) is 13.4. The van der Waals surface area contributed by atoms with E-state index in [1.165, 1.54) is 0 Å². The van der Waals surface area contributed by atoms with E-state index in [1.807, 2.05) is 26.0 Å². The van der Waals surface area contributed by atoms with Gasteiger partial charge in [0.15, 0.2) is 6.04 Å². The van der Waals surface area contributed by atoms with Gasteiger partial charge in [0.1, 0.15) is 5.69 Å². The number of nitrogens with one attached hydrogen (secondary N) is 2. The molecule has 5 N–H and O–H groups in total. The van der Waals surface area contributed by atoms with Gasteiger partial charge in [-0.3, -0.25) is 4.79 Å². The number of nitrogens with two attached hydrogens (primary N) is 1. The Morgan fingerprint density at radius 2 is 2.00 bits per heavy atom. The Kier molecular flexibility index (Phi) is 5.82. The van der Waals surface area contributed by atoms with Gasteiger partial charge in [-0.05, 0) is 36.6 Å². The Balaban J connectivity index is 2.73. The van der Waals surface area contributed by atoms with Crippen LogP contribution in [0.3, 0.4) is 0 Å². The number of anilines is 1. The number of amides is 1. The van der Waals surface area contributed by atoms with Gasteiger partial charge in [0.2, 0.25) is 0 Å². The number of halogens is 1. The van der Waals surface area contributed by atoms with Gasteiger partial charge < -0.3 is 10.8 Å². The molecule has 0 unspecified atom stereocenters. The highest BCUT2D eigenvalue weighted by molar-refractivity contribution is 9.10. The van der Waals surface area contributed by atoms with E-state index in [2.05, 4.69) is 26.2 Å². The molecule has 1 amide bonds. The first-order valence-electron chi connectivity index (χ1n) is 6.03. The summed E-state index contributed by atoms with van der Waals surface area (Å²) in [5.41, 5.74) is 6.00. The third-order valence-electron chi connectivity index (χ3n) is 2.47. The lowest BCUT2D eigenvalue weighted by Gasteiger charge is -2.09. The molecule has 0 aliphatic heterocycles. The highest BCUT2D eigenvalue weighted by atomic mass is 79.9. The molecule has 0 fully saturated rings. The maximum atomic E-state index is 11.3. The molecule has 104 valence electrons. The van der Waals surface area contributed by atoms with Crippen LogP contribution in [0.25, 0.3) is 0 Å². The van der Waals surface area contributed by atoms with Crippen LogP contribution in [0.15, 0.2) is 28.7 Å². The van der Waals surface area contributed by atoms with Crippen molar-refractivity contribution in [3.05, 3.63) is 28.7 Å². The standard InChI is InChI=1S/C13H18BrN3O2/c1-8(2)7-11(12(15)18)17-13(19)16-10-5-3-9(14)4-6-10/h3-6,8,11H,7H2,1-2H3,(H2,15,18)(H2,16,17,19)/p+1/t11-/m0/s1. The van der Waals surface area contributed by atoms with E-state index < -0.39 is 11.9 Å². The fraction of sp³-hybridized carbons (Fsp3) is 0.385. The predicted molar refractivity (Wildman–Crippen MR) is 78.8 cm³/mol. The minimum absolute atomic E-state index is 0.188. The highest BCUT2D eigenvalue weighted by Crippen LogP contribution is 2.13. The monoisotopic (exact) mass is 328 g/mol. The number of benzene rings is 1. The molecule has 1 aromatic carbocycles. The molecule has 0 aliphatic carbocycles. The number of primary amides is 1. The van der Waals surface area contributed by atoms with Crippen molar-refractivity contribution in [2.45, 2.75) is 26.3 Å². The SMILES string of the molecule is CC(C)C[C@H]([NH+]=C(O)Nc1ccc(Br)cc1)C(N)=O. The molecule has 0 bridgehead atoms. The molecule has 0 spiro atoms. The summed E-state index contributed by atoms with van der Waals surface area (Å²) >= 11 is 3.32. The van der Waals surface area contributed by atoms with Crippen molar-refractivity contribution in [3.63, 3.8) is 0 Å². The van der Waals surface area contributed by atoms with E-state index in [0.29, 0.717) is 18.0 Å². The van der Waals surface area contributed by atoms with E-state index in [9.17, 15) is 9.90 Å². The molecule has 6 heteroatoms. The summed E-state index contributed by atoms with van der Waals surface area (Å²) in [5.74, 6) is -0.191. The van der Waals surface area contributed by atoms with Crippen LogP contribution >= 0.6 is 15.9 Å². The van der Waals surface area contributed by atoms with Gasteiger partial charge in [0.05, 0.1) is 0 Å². The van der Waals surface area contributed by atoms with Crippen molar-refractivity contribution < 1.29 is 14.9 Å². The quantitative estimate of drug-likeness (QED) is 0.475. The number of aliphatic hydroxyl groups excluding tert-OH is 1. The van der Waals surface area contributed by atoms with Crippen LogP contribution < -0.4 is 16.0 Å². The Hall–Kier alpha value is -1.56. The summed E-state index contributed by atoms with van der Waals surface area (Å²) in [7, 11) is 0. The third-order valence-corrected chi connectivity index (χ3v) is 3.00. The summed E-state index contributed by atoms with van der Waals surface area (Å²) in [4.78, 5) is 14.0. The maximum absolute atomic E-state index is 11.3. The molecule has 0 radical (unpaired) electrons. The Morgan fingerprint density at radius 1 is 1.42 bits per heavy atom. The summed E-state index contributed by atoms with van der Waals surface area (Å²) in [6.45, 7) is 3.97. The maximum Gasteiger partial charge on any atom is 0.445 e. The minimum Gasteiger partial charge on any atom is -0.447 e. The fourth-order valence-corrected chi connectivity index (χ4v) is 1.85. The average Bonchev–Trinajstić information content (AvgIpc) is 2.30. The van der Waals surface area contributed by atoms with Gasteiger partial charge in [-0.2, -0.15) is 0 Å². The zero-order valence-electron chi connectivity index (χ0n) is 11.0. The molecular weight excluding hydrogens is 310 g/mol. The van der Waals surface area contributed by atoms with Gasteiger partial charge in [0.25, 0.3) is 5.91 Å². The van der Waals surface area contributed by atoms with Gasteiger partial charge in [-0.25, -0.2) is 10.3 Å². The van der Waals surface area contributed by atoms with Crippen LogP contribution in [0, 0.1) is 5.92 Å². The first-order valence-corrected chi connectivity index (χ1v) is 6.82. The summed E-state index contributed by atoms with van der Waals surface area (Å²) in [6, 6.07) is 6.49. The second kappa shape index (κ2) is 7.13. The van der Waals surface area contributed by atoms with Gasteiger partial charge in [0, 0.05) is 4.47 Å². The molecule has 0 aromatic heterocycles. The zero-order chi connectivity index (χ0) is 14.4. The molecule has 1 atom stereocenters. The van der Waals surface area contributed by atoms with Crippen LogP contribution in [0.5, 0.6) is 0 Å². The molecule has 1 rings (SSSR count). The van der Waals surface area contributed by atoms with E-state index >= 15 is 0 Å². The summed E-state index contributed by atoms with van der Waals surface area (Å²) in [6.07, 6.45) is 0.557. The van der Waals surface area contributed by atoms with E-state index in [-0.39, 0.29) is 6.02 Å². The number of aliphatic hydroxyl groups is 1. The minimum atomic E-state index is -0.594. The van der Waals surface area contributed by atoms with Crippen LogP contribution in [0.2, 0.25) is 0 Å². The van der Waals surface area contributed by atoms with Crippen molar-refractivity contribution in [1.29, 1.82) is 0 Å². The fourth-order valence-electron chi connectivity index (χ4n) is 1.59. The predicted octanol–water partition coefficient (Wildman–Crippen LogP) is 0.756. The van der Waals surface area contributed by atoms with Crippen LogP contribution in [0.1, 0.15) is 20.3 Å². The lowest BCUT2D eigenvalue weighted by atomic mass is 10.0. The molecule has 1 aromatic rings. The van der Waals surface area contributed by atoms with E-state index in [1.54, 1.807) is 12.1 Å². The summed E-state index contributed by atoms with van der Waals surface area (Å²) in [5, 5.41) is 12.5. The molecule has 0 saturated carbocycles. The smallest absolute Gasteiger partial charge is 0.445 e. The average molecular weight is 329 g/mol. The Labute approximate surface area is 121 Å². The van der Waals surface area contributed by atoms with Crippen molar-refractivity contribution >= 4 is 33.5 Å². The molecule has 19 heavy (non-hydrogen) atoms. The molecule has 0 aliphatic rings. The number of hydrogen-bond donors (Lipinski definition) is 4. The molecule has 0 heterocycles. The lowest BCUT2D eigenvalue weighted by molar-refractivity contribution is -0.497. The first kappa shape index (κ1) is 15.5. The lowest BCUT2D eigenvalue weighted by Crippen LogP contribution is -2.84. The van der Waals surface area contributed by atoms with Crippen LogP contribution in [-0.2, 0) is 4.79 Å². The van der Waals surface area contributed by atoms with Crippen LogP contribution in [-0.4, -0.2) is 23.1 Å². The second-order valence-corrected chi connectivity index (χ2v) is 5.63. The summed E-state index contributed by atoms with van der Waals surface area (Å²) < 4.78 is 0.945. The molecular formula is C13H19BrN3O2+. The zero-order valence-corrected chi connectivity index (χ0v) is 12.6. The third kappa shape index (κ3) is 5.74. The number of carbonyl (C=O) groups is 1. The number of hydrogen-bond acceptors (Lipinski definition) is 1. The second-order valence-electron chi connectivity index (χ2n) is 4.71. The van der Waals surface area contributed by atoms with Crippen LogP contribution in [0.4, 0.5) is 5.69 Å². The van der Waals surface area contributed by atoms with Crippen molar-refractivity contribution in [2.75, 3.05) is 5.32 Å². The topological polar surface area (TPSA) is 89.3 Å². The first-order chi connectivity index (χ1) is 8.88. The number of carbonyl (C=O) groups excluding carboxylic acids is 1.